The van der Waals surface area contributed by atoms with E-state index in [0.717, 1.165) is 131 Å². The van der Waals surface area contributed by atoms with E-state index in [9.17, 15) is 52.7 Å². The molecule has 8 fully saturated rings. The van der Waals surface area contributed by atoms with Crippen LogP contribution in [0.2, 0.25) is 0 Å². The lowest BCUT2D eigenvalue weighted by Crippen LogP contribution is -2.25. The second kappa shape index (κ2) is 45.4. The van der Waals surface area contributed by atoms with Crippen LogP contribution in [0.1, 0.15) is 343 Å². The zero-order valence-electron chi connectivity index (χ0n) is 73.3. The molecule has 12 heteroatoms. The first-order valence-electron chi connectivity index (χ1n) is 48.2. The maximum Gasteiger partial charge on any atom is 0.194 e. The summed E-state index contributed by atoms with van der Waals surface area (Å²) >= 11 is 0. The van der Waals surface area contributed by atoms with Crippen molar-refractivity contribution >= 4 is 0 Å². The fourth-order valence-corrected chi connectivity index (χ4v) is 23.9. The molecule has 0 atom stereocenters. The van der Waals surface area contributed by atoms with E-state index in [2.05, 4.69) is 76.2 Å². The Kier molecular flexibility index (Phi) is 34.4. The van der Waals surface area contributed by atoms with Gasteiger partial charge in [-0.3, -0.25) is 0 Å². The highest BCUT2D eigenvalue weighted by Crippen LogP contribution is 2.51. The average Bonchev–Trinajstić information content (AvgIpc) is 0.805. The first kappa shape index (κ1) is 92.6. The van der Waals surface area contributed by atoms with Crippen LogP contribution >= 0.6 is 0 Å². The van der Waals surface area contributed by atoms with Gasteiger partial charge in [0.05, 0.1) is 0 Å². The standard InChI is InChI=1S/C29H37F3.C28H35F3.C27H33F3.C26H31F3/c1-2-3-4-5-20-6-8-21(9-7-20)22-10-12-23(13-11-22)24-14-16-25(17-15-24)26-18-27(30)29(32)28(31)19-26;1-2-3-4-19-5-7-20(8-6-19)21-9-11-22(12-10-21)23-13-15-24(16-14-23)25-17-26(29)28(31)27(30)18-25;1-2-3-18-4-6-19(7-5-18)20-8-10-21(11-9-20)22-12-14-23(15-13-22)24-16-25(28)27(30)26(29)17-24;1-2-17-3-5-18(6-4-17)19-7-9-20(10-8-19)21-11-13-22(14-12-21)23-15-24(27)26(29)25(28)16-23/h14-23H,2-13H2,1H3;13-22H,2-12H2,1H3;12-21H,2-11H2,1H3;11-20H,2-10H2,1H3. The van der Waals surface area contributed by atoms with Gasteiger partial charge in [0.2, 0.25) is 0 Å². The molecule has 0 radical (unpaired) electrons. The summed E-state index contributed by atoms with van der Waals surface area (Å²) in [6.45, 7) is 9.20. The molecule has 8 aromatic rings. The van der Waals surface area contributed by atoms with Gasteiger partial charge in [0, 0.05) is 0 Å². The minimum atomic E-state index is -1.41. The molecule has 0 saturated heterocycles. The fraction of sp³-hybridized carbons (Fsp3) is 0.564. The van der Waals surface area contributed by atoms with E-state index in [1.165, 1.54) is 292 Å². The summed E-state index contributed by atoms with van der Waals surface area (Å²) in [6, 6.07) is 40.4. The van der Waals surface area contributed by atoms with Crippen LogP contribution < -0.4 is 0 Å². The van der Waals surface area contributed by atoms with Crippen molar-refractivity contribution in [3.8, 4) is 44.5 Å². The average molecular weight is 1690 g/mol. The molecular formula is C110H136F12. The fourth-order valence-electron chi connectivity index (χ4n) is 23.9. The minimum Gasteiger partial charge on any atom is -0.204 e. The number of unbranched alkanes of at least 4 members (excludes halogenated alkanes) is 3. The summed E-state index contributed by atoms with van der Waals surface area (Å²) in [5.74, 6) is -1.25. The molecule has 0 spiro atoms. The van der Waals surface area contributed by atoms with E-state index in [4.69, 9.17) is 0 Å². The number of rotatable bonds is 22. The molecule has 0 N–H and O–H groups in total. The Morgan fingerprint density at radius 1 is 0.189 bits per heavy atom. The van der Waals surface area contributed by atoms with Gasteiger partial charge in [0.25, 0.3) is 0 Å². The van der Waals surface area contributed by atoms with Gasteiger partial charge in [0.1, 0.15) is 0 Å². The molecule has 0 unspecified atom stereocenters. The van der Waals surface area contributed by atoms with Crippen LogP contribution in [0.4, 0.5) is 52.7 Å². The monoisotopic (exact) mass is 1690 g/mol. The lowest BCUT2D eigenvalue weighted by molar-refractivity contribution is 0.155. The Balaban J connectivity index is 0.000000140. The number of benzene rings is 8. The molecule has 8 aromatic carbocycles. The van der Waals surface area contributed by atoms with Crippen molar-refractivity contribution in [3.63, 3.8) is 0 Å². The Labute approximate surface area is 722 Å². The largest absolute Gasteiger partial charge is 0.204 e. The van der Waals surface area contributed by atoms with Crippen LogP contribution in [0.15, 0.2) is 146 Å². The summed E-state index contributed by atoms with van der Waals surface area (Å²) in [6.07, 6.45) is 57.2. The molecule has 0 bridgehead atoms. The van der Waals surface area contributed by atoms with Gasteiger partial charge in [-0.2, -0.15) is 0 Å². The van der Waals surface area contributed by atoms with Crippen LogP contribution in [0.5, 0.6) is 0 Å². The lowest BCUT2D eigenvalue weighted by Gasteiger charge is -2.38. The van der Waals surface area contributed by atoms with Crippen LogP contribution in [-0.2, 0) is 0 Å². The Hall–Kier alpha value is -7.08. The molecule has 0 nitrogen and oxygen atoms in total. The van der Waals surface area contributed by atoms with Crippen molar-refractivity contribution < 1.29 is 52.7 Å². The molecule has 122 heavy (non-hydrogen) atoms. The lowest BCUT2D eigenvalue weighted by atomic mass is 9.68. The van der Waals surface area contributed by atoms with Gasteiger partial charge in [0.15, 0.2) is 69.8 Å². The molecule has 8 aliphatic rings. The maximum absolute atomic E-state index is 13.6. The van der Waals surface area contributed by atoms with Crippen LogP contribution in [0.3, 0.4) is 0 Å². The number of halogens is 12. The molecule has 0 heterocycles. The molecule has 8 saturated carbocycles. The molecule has 0 aromatic heterocycles. The molecule has 0 amide bonds. The molecule has 660 valence electrons. The Morgan fingerprint density at radius 2 is 0.377 bits per heavy atom. The highest BCUT2D eigenvalue weighted by molar-refractivity contribution is 5.67. The van der Waals surface area contributed by atoms with Crippen molar-refractivity contribution in [3.05, 3.63) is 238 Å². The normalized spacial score (nSPS) is 27.0. The van der Waals surface area contributed by atoms with E-state index < -0.39 is 69.8 Å². The third-order valence-electron chi connectivity index (χ3n) is 31.6. The summed E-state index contributed by atoms with van der Waals surface area (Å²) in [5.41, 5.74) is 9.62. The zero-order valence-corrected chi connectivity index (χ0v) is 73.3. The molecule has 8 aliphatic carbocycles. The van der Waals surface area contributed by atoms with Gasteiger partial charge in [-0.1, -0.05) is 240 Å². The van der Waals surface area contributed by atoms with Gasteiger partial charge >= 0.3 is 0 Å². The summed E-state index contributed by atoms with van der Waals surface area (Å²) < 4.78 is 161. The molecule has 16 rings (SSSR count). The van der Waals surface area contributed by atoms with E-state index in [0.29, 0.717) is 57.1 Å². The van der Waals surface area contributed by atoms with E-state index in [-0.39, 0.29) is 0 Å². The highest BCUT2D eigenvalue weighted by atomic mass is 19.2. The van der Waals surface area contributed by atoms with Crippen molar-refractivity contribution in [1.29, 1.82) is 0 Å². The van der Waals surface area contributed by atoms with Crippen LogP contribution in [0.25, 0.3) is 44.5 Å². The van der Waals surface area contributed by atoms with Crippen molar-refractivity contribution in [2.45, 2.75) is 321 Å². The quantitative estimate of drug-likeness (QED) is 0.0360. The topological polar surface area (TPSA) is 0 Å². The summed E-state index contributed by atoms with van der Waals surface area (Å²) in [4.78, 5) is 0. The van der Waals surface area contributed by atoms with Crippen molar-refractivity contribution in [2.75, 3.05) is 0 Å². The highest BCUT2D eigenvalue weighted by Gasteiger charge is 2.37. The SMILES string of the molecule is CCC1CCC(C2CCC(c3ccc(-c4cc(F)c(F)c(F)c4)cc3)CC2)CC1.CCCC1CCC(C2CCC(c3ccc(-c4cc(F)c(F)c(F)c4)cc3)CC2)CC1.CCCCC1CCC(C2CCC(c3ccc(-c4cc(F)c(F)c(F)c4)cc3)CC2)CC1.CCCCCC1CCC(C2CCC(c3ccc(-c4cc(F)c(F)c(F)c4)cc3)CC2)CC1. The van der Waals surface area contributed by atoms with E-state index in [1.807, 2.05) is 48.5 Å². The van der Waals surface area contributed by atoms with Gasteiger partial charge in [-0.15, -0.1) is 0 Å². The van der Waals surface area contributed by atoms with Crippen molar-refractivity contribution in [2.24, 2.45) is 71.0 Å². The summed E-state index contributed by atoms with van der Waals surface area (Å²) in [5, 5.41) is 0. The first-order valence-corrected chi connectivity index (χ1v) is 48.2. The Bertz CT molecular complexity index is 4390. The third-order valence-corrected chi connectivity index (χ3v) is 31.6. The van der Waals surface area contributed by atoms with Gasteiger partial charge in [-0.25, -0.2) is 52.7 Å². The zero-order chi connectivity index (χ0) is 85.8. The molecular weight excluding hydrogens is 1550 g/mol. The Morgan fingerprint density at radius 3 is 0.574 bits per heavy atom. The summed E-state index contributed by atoms with van der Waals surface area (Å²) in [7, 11) is 0. The first-order chi connectivity index (χ1) is 59.2. The second-order valence-corrected chi connectivity index (χ2v) is 38.9. The third kappa shape index (κ3) is 24.8. The minimum absolute atomic E-state index is 0.374. The van der Waals surface area contributed by atoms with Gasteiger partial charge in [-0.05, 0) is 364 Å². The van der Waals surface area contributed by atoms with E-state index in [1.54, 1.807) is 0 Å². The number of hydrogen-bond acceptors (Lipinski definition) is 0. The molecule has 0 aliphatic heterocycles. The van der Waals surface area contributed by atoms with Crippen molar-refractivity contribution in [1.82, 2.24) is 0 Å². The van der Waals surface area contributed by atoms with E-state index >= 15 is 0 Å². The smallest absolute Gasteiger partial charge is 0.194 e. The number of hydrogen-bond donors (Lipinski definition) is 0. The predicted octanol–water partition coefficient (Wildman–Crippen LogP) is 35.4. The maximum atomic E-state index is 13.6. The second-order valence-electron chi connectivity index (χ2n) is 38.9. The van der Waals surface area contributed by atoms with Crippen LogP contribution in [-0.4, -0.2) is 0 Å². The predicted molar refractivity (Wildman–Crippen MR) is 476 cm³/mol. The van der Waals surface area contributed by atoms with Crippen LogP contribution in [0, 0.1) is 141 Å². The van der Waals surface area contributed by atoms with Gasteiger partial charge < -0.3 is 0 Å².